The van der Waals surface area contributed by atoms with Crippen molar-refractivity contribution < 1.29 is 33.0 Å². The molecule has 37 heavy (non-hydrogen) atoms. The van der Waals surface area contributed by atoms with Crippen LogP contribution in [0.2, 0.25) is 18.1 Å². The molecule has 2 aromatic heterocycles. The number of anilines is 1. The molecule has 0 spiro atoms. The Morgan fingerprint density at radius 2 is 1.89 bits per heavy atom. The molecule has 0 saturated carbocycles. The lowest BCUT2D eigenvalue weighted by Crippen LogP contribution is -2.49. The lowest BCUT2D eigenvalue weighted by Gasteiger charge is -2.40. The van der Waals surface area contributed by atoms with E-state index >= 15 is 0 Å². The highest BCUT2D eigenvalue weighted by Crippen LogP contribution is 2.44. The van der Waals surface area contributed by atoms with Gasteiger partial charge in [0.1, 0.15) is 23.8 Å². The first-order chi connectivity index (χ1) is 17.4. The molecule has 1 unspecified atom stereocenters. The van der Waals surface area contributed by atoms with E-state index < -0.39 is 47.7 Å². The van der Waals surface area contributed by atoms with Crippen molar-refractivity contribution in [2.75, 3.05) is 11.9 Å². The quantitative estimate of drug-likeness (QED) is 0.283. The molecular weight excluding hydrogens is 515 g/mol. The Kier molecular flexibility index (Phi) is 8.01. The van der Waals surface area contributed by atoms with Crippen LogP contribution in [0.4, 0.5) is 5.82 Å². The van der Waals surface area contributed by atoms with Gasteiger partial charge in [-0.2, -0.15) is 0 Å². The molecule has 1 aliphatic heterocycles. The SMILES string of the molecule is CC(C)(C)[Si](C)(C)O[C@@H]1[C@H](O[PH](=O)O)[C@@H](CO)O[C@H]1n1cnc2c(NC(=O)c3ccccc3)nccc21. The Bertz CT molecular complexity index is 1280. The van der Waals surface area contributed by atoms with Crippen LogP contribution in [0.1, 0.15) is 37.4 Å². The third-order valence-corrected chi connectivity index (χ3v) is 11.9. The Labute approximate surface area is 216 Å². The summed E-state index contributed by atoms with van der Waals surface area (Å²) in [6.45, 7) is 9.93. The van der Waals surface area contributed by atoms with E-state index in [0.29, 0.717) is 16.6 Å². The van der Waals surface area contributed by atoms with Gasteiger partial charge in [-0.25, -0.2) is 9.97 Å². The molecule has 5 atom stereocenters. The molecule has 1 aromatic carbocycles. The lowest BCUT2D eigenvalue weighted by atomic mass is 10.1. The predicted octanol–water partition coefficient (Wildman–Crippen LogP) is 3.73. The van der Waals surface area contributed by atoms with E-state index in [9.17, 15) is 19.4 Å². The molecule has 1 aliphatic rings. The highest BCUT2D eigenvalue weighted by atomic mass is 31.1. The van der Waals surface area contributed by atoms with Crippen molar-refractivity contribution in [2.24, 2.45) is 0 Å². The number of fused-ring (bicyclic) bond motifs is 1. The molecule has 13 heteroatoms. The zero-order valence-corrected chi connectivity index (χ0v) is 23.4. The summed E-state index contributed by atoms with van der Waals surface area (Å²) in [7, 11) is -5.76. The van der Waals surface area contributed by atoms with Crippen LogP contribution in [0.3, 0.4) is 0 Å². The van der Waals surface area contributed by atoms with E-state index in [1.54, 1.807) is 41.1 Å². The number of nitrogens with zero attached hydrogens (tertiary/aromatic N) is 3. The normalized spacial score (nSPS) is 23.3. The molecule has 200 valence electrons. The Morgan fingerprint density at radius 1 is 1.19 bits per heavy atom. The first-order valence-electron chi connectivity index (χ1n) is 11.9. The van der Waals surface area contributed by atoms with Crippen LogP contribution in [0.25, 0.3) is 11.0 Å². The van der Waals surface area contributed by atoms with Crippen LogP contribution in [-0.4, -0.2) is 63.7 Å². The number of aliphatic hydroxyl groups is 1. The van der Waals surface area contributed by atoms with Crippen molar-refractivity contribution in [3.63, 3.8) is 0 Å². The molecule has 1 fully saturated rings. The maximum Gasteiger partial charge on any atom is 0.317 e. The second-order valence-electron chi connectivity index (χ2n) is 10.4. The topological polar surface area (TPSA) is 145 Å². The first-order valence-corrected chi connectivity index (χ1v) is 16.1. The monoisotopic (exact) mass is 548 g/mol. The maximum atomic E-state index is 12.7. The van der Waals surface area contributed by atoms with Gasteiger partial charge in [0.25, 0.3) is 5.91 Å². The Morgan fingerprint density at radius 3 is 2.51 bits per heavy atom. The molecule has 3 heterocycles. The smallest absolute Gasteiger partial charge is 0.317 e. The summed E-state index contributed by atoms with van der Waals surface area (Å²) in [5.74, 6) is -0.0508. The number of aliphatic hydroxyl groups excluding tert-OH is 1. The van der Waals surface area contributed by atoms with Crippen molar-refractivity contribution in [3.8, 4) is 0 Å². The number of pyridine rings is 1. The number of aromatic nitrogens is 3. The predicted molar refractivity (Wildman–Crippen MR) is 141 cm³/mol. The molecule has 0 bridgehead atoms. The fraction of sp³-hybridized carbons (Fsp3) is 0.458. The number of ether oxygens (including phenoxy) is 1. The van der Waals surface area contributed by atoms with Crippen LogP contribution in [-0.2, 0) is 18.3 Å². The molecular formula is C24H33N4O7PSi. The van der Waals surface area contributed by atoms with Gasteiger partial charge in [-0.05, 0) is 36.3 Å². The van der Waals surface area contributed by atoms with Crippen molar-refractivity contribution in [1.29, 1.82) is 0 Å². The Balaban J connectivity index is 1.72. The number of carbonyl (C=O) groups is 1. The average molecular weight is 549 g/mol. The van der Waals surface area contributed by atoms with Gasteiger partial charge in [0.05, 0.1) is 18.5 Å². The van der Waals surface area contributed by atoms with Crippen molar-refractivity contribution in [1.82, 2.24) is 14.5 Å². The third-order valence-electron chi connectivity index (χ3n) is 6.97. The van der Waals surface area contributed by atoms with Gasteiger partial charge in [-0.1, -0.05) is 39.0 Å². The molecule has 1 saturated heterocycles. The number of nitrogens with one attached hydrogen (secondary N) is 1. The zero-order valence-electron chi connectivity index (χ0n) is 21.4. The molecule has 1 amide bonds. The number of benzene rings is 1. The number of rotatable bonds is 8. The average Bonchev–Trinajstić information content (AvgIpc) is 3.40. The molecule has 3 N–H and O–H groups in total. The lowest BCUT2D eigenvalue weighted by molar-refractivity contribution is -0.0484. The fourth-order valence-electron chi connectivity index (χ4n) is 4.01. The van der Waals surface area contributed by atoms with E-state index in [2.05, 4.69) is 49.1 Å². The summed E-state index contributed by atoms with van der Waals surface area (Å²) in [5, 5.41) is 12.6. The second kappa shape index (κ2) is 10.7. The van der Waals surface area contributed by atoms with Crippen LogP contribution in [0, 0.1) is 0 Å². The minimum Gasteiger partial charge on any atom is -0.407 e. The molecule has 11 nitrogen and oxygen atoms in total. The maximum absolute atomic E-state index is 12.7. The van der Waals surface area contributed by atoms with Crippen molar-refractivity contribution in [3.05, 3.63) is 54.5 Å². The number of hydrogen-bond acceptors (Lipinski definition) is 8. The molecule has 4 rings (SSSR count). The van der Waals surface area contributed by atoms with Crippen molar-refractivity contribution in [2.45, 2.75) is 63.4 Å². The second-order valence-corrected chi connectivity index (χ2v) is 16.0. The fourth-order valence-corrected chi connectivity index (χ4v) is 5.81. The van der Waals surface area contributed by atoms with Crippen LogP contribution in [0.15, 0.2) is 48.9 Å². The van der Waals surface area contributed by atoms with Crippen LogP contribution >= 0.6 is 8.25 Å². The van der Waals surface area contributed by atoms with Gasteiger partial charge in [0.15, 0.2) is 20.4 Å². The number of amides is 1. The minimum atomic E-state index is -3.35. The number of carbonyl (C=O) groups excluding carboxylic acids is 1. The number of imidazole rings is 1. The van der Waals surface area contributed by atoms with Crippen LogP contribution in [0.5, 0.6) is 0 Å². The van der Waals surface area contributed by atoms with Gasteiger partial charge < -0.3 is 33.6 Å². The highest BCUT2D eigenvalue weighted by molar-refractivity contribution is 7.32. The summed E-state index contributed by atoms with van der Waals surface area (Å²) in [6, 6.07) is 10.5. The largest absolute Gasteiger partial charge is 0.407 e. The summed E-state index contributed by atoms with van der Waals surface area (Å²) in [5.41, 5.74) is 1.51. The van der Waals surface area contributed by atoms with Crippen molar-refractivity contribution >= 4 is 39.3 Å². The van der Waals surface area contributed by atoms with E-state index in [1.807, 2.05) is 6.07 Å². The van der Waals surface area contributed by atoms with Gasteiger partial charge in [0.2, 0.25) is 0 Å². The molecule has 0 aliphatic carbocycles. The molecule has 3 aromatic rings. The van der Waals surface area contributed by atoms with E-state index in [-0.39, 0.29) is 16.8 Å². The van der Waals surface area contributed by atoms with Gasteiger partial charge in [0, 0.05) is 11.8 Å². The zero-order chi connectivity index (χ0) is 27.0. The van der Waals surface area contributed by atoms with Gasteiger partial charge in [-0.15, -0.1) is 0 Å². The standard InChI is InChI=1S/C24H33N4O7PSi/c1-24(2,3)37(4,5)35-20-19(34-36(31)32)17(13-29)33-23(20)28-14-26-18-16(28)11-12-25-21(18)27-22(30)15-9-7-6-8-10-15/h6-12,14,17,19-20,23,29,36H,13H2,1-5H3,(H,31,32)(H,25,27,30)/t17-,19-,20-,23-/m1/s1. The highest BCUT2D eigenvalue weighted by Gasteiger charge is 2.52. The molecule has 0 radical (unpaired) electrons. The first kappa shape index (κ1) is 27.6. The minimum absolute atomic E-state index is 0.167. The summed E-state index contributed by atoms with van der Waals surface area (Å²) in [6.07, 6.45) is -0.399. The van der Waals surface area contributed by atoms with E-state index in [1.165, 1.54) is 6.33 Å². The summed E-state index contributed by atoms with van der Waals surface area (Å²) >= 11 is 0. The number of hydrogen-bond donors (Lipinski definition) is 3. The summed E-state index contributed by atoms with van der Waals surface area (Å²) in [4.78, 5) is 31.1. The Hall–Kier alpha value is -2.44. The summed E-state index contributed by atoms with van der Waals surface area (Å²) < 4.78 is 31.6. The van der Waals surface area contributed by atoms with Crippen LogP contribution < -0.4 is 5.32 Å². The third kappa shape index (κ3) is 5.70. The van der Waals surface area contributed by atoms with E-state index in [4.69, 9.17) is 13.7 Å². The van der Waals surface area contributed by atoms with Gasteiger partial charge >= 0.3 is 8.25 Å². The van der Waals surface area contributed by atoms with E-state index in [0.717, 1.165) is 0 Å². The van der Waals surface area contributed by atoms with Gasteiger partial charge in [-0.3, -0.25) is 9.36 Å².